The number of allylic oxidation sites excluding steroid dienone is 1. The van der Waals surface area contributed by atoms with Gasteiger partial charge in [-0.25, -0.2) is 0 Å². The first-order valence-electron chi connectivity index (χ1n) is 12.2. The summed E-state index contributed by atoms with van der Waals surface area (Å²) in [6.07, 6.45) is -0.383. The van der Waals surface area contributed by atoms with Crippen molar-refractivity contribution >= 4 is 21.5 Å². The molecular weight excluding hydrogens is 529 g/mol. The summed E-state index contributed by atoms with van der Waals surface area (Å²) in [6.45, 7) is 4.72. The van der Waals surface area contributed by atoms with Crippen LogP contribution in [0.5, 0.6) is 23.0 Å². The van der Waals surface area contributed by atoms with Crippen molar-refractivity contribution < 1.29 is 41.6 Å². The highest BCUT2D eigenvalue weighted by Crippen LogP contribution is 2.47. The topological polar surface area (TPSA) is 137 Å². The average Bonchev–Trinajstić information content (AvgIpc) is 2.85. The van der Waals surface area contributed by atoms with Gasteiger partial charge >= 0.3 is 10.4 Å². The lowest BCUT2D eigenvalue weighted by Crippen LogP contribution is -2.49. The van der Waals surface area contributed by atoms with Gasteiger partial charge in [0.25, 0.3) is 0 Å². The number of benzene rings is 3. The molecule has 208 valence electrons. The van der Waals surface area contributed by atoms with E-state index in [1.54, 1.807) is 30.3 Å². The van der Waals surface area contributed by atoms with Crippen LogP contribution in [0.25, 0.3) is 11.1 Å². The molecule has 2 aliphatic heterocycles. The molecule has 0 amide bonds. The van der Waals surface area contributed by atoms with Crippen molar-refractivity contribution in [1.29, 1.82) is 0 Å². The summed E-state index contributed by atoms with van der Waals surface area (Å²) in [5.74, 6) is 2.01. The van der Waals surface area contributed by atoms with Crippen molar-refractivity contribution in [2.24, 2.45) is 5.92 Å². The smallest absolute Gasteiger partial charge is 0.394 e. The predicted molar refractivity (Wildman–Crippen MR) is 144 cm³/mol. The summed E-state index contributed by atoms with van der Waals surface area (Å²) < 4.78 is 56.5. The summed E-state index contributed by atoms with van der Waals surface area (Å²) >= 11 is 0. The van der Waals surface area contributed by atoms with Crippen molar-refractivity contribution in [3.05, 3.63) is 83.4 Å². The van der Waals surface area contributed by atoms with Gasteiger partial charge < -0.3 is 19.7 Å². The van der Waals surface area contributed by atoms with E-state index in [1.165, 1.54) is 0 Å². The zero-order chi connectivity index (χ0) is 28.2. The molecule has 0 spiro atoms. The summed E-state index contributed by atoms with van der Waals surface area (Å²) in [6, 6.07) is 20.1. The van der Waals surface area contributed by atoms with E-state index in [-0.39, 0.29) is 30.2 Å². The molecule has 1 fully saturated rings. The van der Waals surface area contributed by atoms with Crippen LogP contribution in [0.15, 0.2) is 66.7 Å². The molecule has 1 saturated heterocycles. The van der Waals surface area contributed by atoms with Crippen LogP contribution in [-0.4, -0.2) is 65.6 Å². The Morgan fingerprint density at radius 2 is 1.67 bits per heavy atom. The van der Waals surface area contributed by atoms with Gasteiger partial charge in [-0.15, -0.1) is 0 Å². The summed E-state index contributed by atoms with van der Waals surface area (Å²) in [7, 11) is -4.67. The van der Waals surface area contributed by atoms with Crippen LogP contribution in [0.2, 0.25) is 0 Å². The second kappa shape index (κ2) is 12.0. The maximum Gasteiger partial charge on any atom is 0.394 e. The van der Waals surface area contributed by atoms with E-state index < -0.39 is 10.4 Å². The Kier molecular flexibility index (Phi) is 8.76. The van der Waals surface area contributed by atoms with Crippen molar-refractivity contribution in [2.75, 3.05) is 32.9 Å². The number of halogens is 1. The van der Waals surface area contributed by atoms with Crippen molar-refractivity contribution in [3.63, 3.8) is 0 Å². The Morgan fingerprint density at radius 1 is 1.00 bits per heavy atom. The molecule has 0 radical (unpaired) electrons. The molecule has 2 heterocycles. The SMILES string of the molecule is CC1=C(c2cccc(O)c2)C(c2ccc(OCCN3CC(CF)C3)cc2)Oc2ccc(O)cc21.O=S(=O)(O)O. The zero-order valence-corrected chi connectivity index (χ0v) is 22.0. The Balaban J connectivity index is 0.000000648. The summed E-state index contributed by atoms with van der Waals surface area (Å²) in [5, 5.41) is 20.1. The highest BCUT2D eigenvalue weighted by molar-refractivity contribution is 7.79. The maximum absolute atomic E-state index is 12.6. The van der Waals surface area contributed by atoms with Crippen LogP contribution < -0.4 is 9.47 Å². The van der Waals surface area contributed by atoms with Crippen LogP contribution in [0, 0.1) is 5.92 Å². The minimum absolute atomic E-state index is 0.176. The predicted octanol–water partition coefficient (Wildman–Crippen LogP) is 4.79. The van der Waals surface area contributed by atoms with Gasteiger partial charge in [0.05, 0.1) is 6.67 Å². The van der Waals surface area contributed by atoms with Crippen molar-refractivity contribution in [3.8, 4) is 23.0 Å². The molecular formula is C28H30FNO8S. The molecule has 2 aliphatic rings. The Morgan fingerprint density at radius 3 is 2.31 bits per heavy atom. The first-order valence-corrected chi connectivity index (χ1v) is 13.6. The molecule has 1 unspecified atom stereocenters. The maximum atomic E-state index is 12.6. The lowest BCUT2D eigenvalue weighted by molar-refractivity contribution is 0.0668. The van der Waals surface area contributed by atoms with E-state index in [4.69, 9.17) is 27.0 Å². The average molecular weight is 560 g/mol. The first-order chi connectivity index (χ1) is 18.5. The van der Waals surface area contributed by atoms with Crippen LogP contribution in [0.3, 0.4) is 0 Å². The van der Waals surface area contributed by atoms with Gasteiger partial charge in [0, 0.05) is 36.7 Å². The highest BCUT2D eigenvalue weighted by atomic mass is 32.3. The fourth-order valence-electron chi connectivity index (χ4n) is 4.71. The van der Waals surface area contributed by atoms with Gasteiger partial charge in [-0.2, -0.15) is 8.42 Å². The number of ether oxygens (including phenoxy) is 2. The van der Waals surface area contributed by atoms with Gasteiger partial charge in [0.1, 0.15) is 35.7 Å². The fraction of sp³-hybridized carbons (Fsp3) is 0.286. The number of likely N-dealkylation sites (tertiary alicyclic amines) is 1. The van der Waals surface area contributed by atoms with Crippen molar-refractivity contribution in [2.45, 2.75) is 13.0 Å². The minimum Gasteiger partial charge on any atom is -0.508 e. The highest BCUT2D eigenvalue weighted by Gasteiger charge is 2.30. The molecule has 9 nitrogen and oxygen atoms in total. The lowest BCUT2D eigenvalue weighted by atomic mass is 9.86. The number of hydrogen-bond acceptors (Lipinski definition) is 7. The third-order valence-electron chi connectivity index (χ3n) is 6.55. The summed E-state index contributed by atoms with van der Waals surface area (Å²) in [5.41, 5.74) is 4.56. The summed E-state index contributed by atoms with van der Waals surface area (Å²) in [4.78, 5) is 2.19. The van der Waals surface area contributed by atoms with Gasteiger partial charge in [-0.3, -0.25) is 18.4 Å². The van der Waals surface area contributed by atoms with Gasteiger partial charge in [-0.1, -0.05) is 24.3 Å². The Bertz CT molecular complexity index is 1430. The van der Waals surface area contributed by atoms with Gasteiger partial charge in [0.2, 0.25) is 0 Å². The molecule has 4 N–H and O–H groups in total. The number of hydrogen-bond donors (Lipinski definition) is 4. The monoisotopic (exact) mass is 559 g/mol. The molecule has 5 rings (SSSR count). The zero-order valence-electron chi connectivity index (χ0n) is 21.2. The second-order valence-corrected chi connectivity index (χ2v) is 10.3. The number of nitrogens with zero attached hydrogens (tertiary/aromatic N) is 1. The molecule has 39 heavy (non-hydrogen) atoms. The standard InChI is InChI=1S/C28H28FNO4.H2O4S/c1-18-25-14-23(32)7-10-26(25)34-28(27(18)21-3-2-4-22(31)13-21)20-5-8-24(9-6-20)33-12-11-30-16-19(15-29)17-30;1-5(2,3)4/h2-10,13-14,19,28,31-32H,11-12,15-17H2,1H3;(H2,1,2,3,4). The molecule has 0 aromatic heterocycles. The quantitative estimate of drug-likeness (QED) is 0.301. The van der Waals surface area contributed by atoms with Gasteiger partial charge in [0.15, 0.2) is 0 Å². The number of phenols is 2. The largest absolute Gasteiger partial charge is 0.508 e. The molecule has 0 saturated carbocycles. The number of alkyl halides is 1. The van der Waals surface area contributed by atoms with E-state index in [2.05, 4.69) is 4.90 Å². The molecule has 1 atom stereocenters. The first kappa shape index (κ1) is 28.4. The number of rotatable bonds is 7. The van der Waals surface area contributed by atoms with Crippen molar-refractivity contribution in [1.82, 2.24) is 4.90 Å². The van der Waals surface area contributed by atoms with Crippen LogP contribution >= 0.6 is 0 Å². The van der Waals surface area contributed by atoms with Crippen LogP contribution in [-0.2, 0) is 10.4 Å². The Hall–Kier alpha value is -3.64. The van der Waals surface area contributed by atoms with Crippen LogP contribution in [0.1, 0.15) is 29.7 Å². The lowest BCUT2D eigenvalue weighted by Gasteiger charge is -2.37. The normalized spacial score (nSPS) is 17.4. The number of phenolic OH excluding ortho intramolecular Hbond substituents is 2. The second-order valence-electron chi connectivity index (χ2n) is 9.41. The molecule has 0 aliphatic carbocycles. The van der Waals surface area contributed by atoms with E-state index in [1.807, 2.05) is 43.3 Å². The van der Waals surface area contributed by atoms with E-state index in [9.17, 15) is 14.6 Å². The molecule has 3 aromatic rings. The molecule has 0 bridgehead atoms. The number of aromatic hydroxyl groups is 2. The fourth-order valence-corrected chi connectivity index (χ4v) is 4.71. The van der Waals surface area contributed by atoms with Gasteiger partial charge in [-0.05, 0) is 66.1 Å². The molecule has 11 heteroatoms. The number of fused-ring (bicyclic) bond motifs is 1. The third-order valence-corrected chi connectivity index (χ3v) is 6.55. The van der Waals surface area contributed by atoms with E-state index in [0.717, 1.165) is 53.2 Å². The molecule has 3 aromatic carbocycles. The third kappa shape index (κ3) is 7.48. The Labute approximate surface area is 226 Å². The van der Waals surface area contributed by atoms with Crippen LogP contribution in [0.4, 0.5) is 4.39 Å². The van der Waals surface area contributed by atoms with E-state index in [0.29, 0.717) is 12.4 Å². The minimum atomic E-state index is -4.67. The van der Waals surface area contributed by atoms with E-state index >= 15 is 0 Å².